The van der Waals surface area contributed by atoms with E-state index in [-0.39, 0.29) is 35.9 Å². The zero-order chi connectivity index (χ0) is 13.8. The summed E-state index contributed by atoms with van der Waals surface area (Å²) >= 11 is 0. The molecule has 0 aliphatic heterocycles. The lowest BCUT2D eigenvalue weighted by Crippen LogP contribution is -2.37. The molecule has 0 aromatic rings. The summed E-state index contributed by atoms with van der Waals surface area (Å²) in [6, 6.07) is 0.169. The molecule has 0 saturated carbocycles. The van der Waals surface area contributed by atoms with Crippen LogP contribution in [0.15, 0.2) is 4.99 Å². The average molecular weight is 386 g/mol. The van der Waals surface area contributed by atoms with Crippen molar-refractivity contribution >= 4 is 35.8 Å². The van der Waals surface area contributed by atoms with Gasteiger partial charge in [0.2, 0.25) is 5.91 Å². The minimum absolute atomic E-state index is 0. The van der Waals surface area contributed by atoms with E-state index in [0.29, 0.717) is 32.1 Å². The van der Waals surface area contributed by atoms with E-state index in [0.717, 1.165) is 13.0 Å². The molecule has 0 unspecified atom stereocenters. The monoisotopic (exact) mass is 386 g/mol. The highest BCUT2D eigenvalue weighted by molar-refractivity contribution is 14.0. The standard InChI is InChI=1S/C12H26N4O2.HI/c1-4-18-9-5-7-14-12(13)15-8-6-11(17)16-10(2)3;/h10H,4-9H2,1-3H3,(H,16,17)(H3,13,14,15);1H. The molecule has 19 heavy (non-hydrogen) atoms. The van der Waals surface area contributed by atoms with Gasteiger partial charge in [-0.1, -0.05) is 0 Å². The Bertz CT molecular complexity index is 260. The van der Waals surface area contributed by atoms with E-state index < -0.39 is 0 Å². The summed E-state index contributed by atoms with van der Waals surface area (Å²) in [5.41, 5.74) is 5.64. The van der Waals surface area contributed by atoms with Crippen LogP contribution in [0, 0.1) is 0 Å². The third-order valence-corrected chi connectivity index (χ3v) is 2.04. The number of halogens is 1. The molecule has 0 aromatic heterocycles. The van der Waals surface area contributed by atoms with E-state index in [1.54, 1.807) is 0 Å². The highest BCUT2D eigenvalue weighted by Crippen LogP contribution is 1.85. The topological polar surface area (TPSA) is 88.7 Å². The second-order valence-corrected chi connectivity index (χ2v) is 4.22. The molecule has 0 radical (unpaired) electrons. The Hall–Kier alpha value is -0.570. The molecule has 0 spiro atoms. The molecule has 1 amide bonds. The smallest absolute Gasteiger partial charge is 0.221 e. The first-order valence-electron chi connectivity index (χ1n) is 6.47. The Morgan fingerprint density at radius 3 is 2.68 bits per heavy atom. The fraction of sp³-hybridized carbons (Fsp3) is 0.833. The second-order valence-electron chi connectivity index (χ2n) is 4.22. The Balaban J connectivity index is 0. The molecule has 4 N–H and O–H groups in total. The lowest BCUT2D eigenvalue weighted by Gasteiger charge is -2.09. The Labute approximate surface area is 133 Å². The van der Waals surface area contributed by atoms with Crippen LogP contribution >= 0.6 is 24.0 Å². The molecule has 6 nitrogen and oxygen atoms in total. The number of aliphatic imine (C=N–C) groups is 1. The molecular formula is C12H27IN4O2. The minimum atomic E-state index is 0. The van der Waals surface area contributed by atoms with Crippen LogP contribution in [0.25, 0.3) is 0 Å². The molecule has 114 valence electrons. The van der Waals surface area contributed by atoms with Gasteiger partial charge in [0.05, 0.1) is 0 Å². The van der Waals surface area contributed by atoms with E-state index in [2.05, 4.69) is 15.6 Å². The zero-order valence-corrected chi connectivity index (χ0v) is 14.4. The lowest BCUT2D eigenvalue weighted by atomic mass is 10.3. The molecule has 0 aliphatic rings. The minimum Gasteiger partial charge on any atom is -0.382 e. The number of hydrogen-bond donors (Lipinski definition) is 3. The van der Waals surface area contributed by atoms with Gasteiger partial charge in [-0.15, -0.1) is 24.0 Å². The number of carbonyl (C=O) groups is 1. The van der Waals surface area contributed by atoms with Gasteiger partial charge in [0.1, 0.15) is 0 Å². The second kappa shape index (κ2) is 13.9. The Morgan fingerprint density at radius 1 is 1.42 bits per heavy atom. The number of nitrogens with two attached hydrogens (primary N) is 1. The van der Waals surface area contributed by atoms with Crippen LogP contribution in [0.1, 0.15) is 33.6 Å². The predicted octanol–water partition coefficient (Wildman–Crippen LogP) is 0.850. The van der Waals surface area contributed by atoms with Crippen molar-refractivity contribution in [2.45, 2.75) is 39.7 Å². The first-order valence-corrected chi connectivity index (χ1v) is 6.47. The normalized spacial score (nSPS) is 11.1. The maximum atomic E-state index is 11.3. The highest BCUT2D eigenvalue weighted by atomic mass is 127. The number of amides is 1. The number of ether oxygens (including phenoxy) is 1. The first kappa shape index (κ1) is 20.7. The number of guanidine groups is 1. The van der Waals surface area contributed by atoms with Crippen molar-refractivity contribution in [3.63, 3.8) is 0 Å². The molecule has 7 heteroatoms. The molecule has 0 saturated heterocycles. The fourth-order valence-electron chi connectivity index (χ4n) is 1.26. The fourth-order valence-corrected chi connectivity index (χ4v) is 1.26. The summed E-state index contributed by atoms with van der Waals surface area (Å²) in [7, 11) is 0. The van der Waals surface area contributed by atoms with E-state index >= 15 is 0 Å². The van der Waals surface area contributed by atoms with Crippen LogP contribution in [-0.2, 0) is 9.53 Å². The Morgan fingerprint density at radius 2 is 2.11 bits per heavy atom. The third-order valence-electron chi connectivity index (χ3n) is 2.04. The number of nitrogens with zero attached hydrogens (tertiary/aromatic N) is 1. The van der Waals surface area contributed by atoms with Crippen molar-refractivity contribution in [1.29, 1.82) is 0 Å². The van der Waals surface area contributed by atoms with E-state index in [1.807, 2.05) is 20.8 Å². The average Bonchev–Trinajstić information content (AvgIpc) is 2.27. The van der Waals surface area contributed by atoms with Gasteiger partial charge in [-0.05, 0) is 27.2 Å². The van der Waals surface area contributed by atoms with Crippen molar-refractivity contribution in [1.82, 2.24) is 10.6 Å². The molecule has 0 fully saturated rings. The molecule has 0 bridgehead atoms. The van der Waals surface area contributed by atoms with Gasteiger partial charge in [-0.3, -0.25) is 9.79 Å². The molecule has 0 aromatic carbocycles. The van der Waals surface area contributed by atoms with Crippen LogP contribution in [0.4, 0.5) is 0 Å². The molecule has 0 rings (SSSR count). The summed E-state index contributed by atoms with van der Waals surface area (Å²) in [5.74, 6) is 0.394. The van der Waals surface area contributed by atoms with Gasteiger partial charge in [0.25, 0.3) is 0 Å². The van der Waals surface area contributed by atoms with Crippen molar-refractivity contribution < 1.29 is 9.53 Å². The number of nitrogens with one attached hydrogen (secondary N) is 2. The van der Waals surface area contributed by atoms with Crippen molar-refractivity contribution in [3.8, 4) is 0 Å². The van der Waals surface area contributed by atoms with Gasteiger partial charge >= 0.3 is 0 Å². The lowest BCUT2D eigenvalue weighted by molar-refractivity contribution is -0.121. The van der Waals surface area contributed by atoms with Crippen LogP contribution < -0.4 is 16.4 Å². The SMILES string of the molecule is CCOCCCN=C(N)NCCC(=O)NC(C)C.I. The van der Waals surface area contributed by atoms with E-state index in [4.69, 9.17) is 10.5 Å². The summed E-state index contributed by atoms with van der Waals surface area (Å²) in [4.78, 5) is 15.4. The molecule has 0 atom stereocenters. The van der Waals surface area contributed by atoms with Crippen LogP contribution in [0.3, 0.4) is 0 Å². The van der Waals surface area contributed by atoms with Crippen LogP contribution in [0.5, 0.6) is 0 Å². The summed E-state index contributed by atoms with van der Waals surface area (Å²) in [6.45, 7) is 8.38. The van der Waals surface area contributed by atoms with Gasteiger partial charge in [-0.2, -0.15) is 0 Å². The van der Waals surface area contributed by atoms with Crippen molar-refractivity contribution in [3.05, 3.63) is 0 Å². The number of carbonyl (C=O) groups excluding carboxylic acids is 1. The third kappa shape index (κ3) is 15.4. The first-order chi connectivity index (χ1) is 8.56. The summed E-state index contributed by atoms with van der Waals surface area (Å²) < 4.78 is 5.18. The van der Waals surface area contributed by atoms with Gasteiger partial charge in [0.15, 0.2) is 5.96 Å². The number of rotatable bonds is 9. The van der Waals surface area contributed by atoms with E-state index in [1.165, 1.54) is 0 Å². The molecule has 0 aliphatic carbocycles. The molecular weight excluding hydrogens is 359 g/mol. The van der Waals surface area contributed by atoms with Crippen molar-refractivity contribution in [2.24, 2.45) is 10.7 Å². The summed E-state index contributed by atoms with van der Waals surface area (Å²) in [6.07, 6.45) is 1.25. The largest absolute Gasteiger partial charge is 0.382 e. The van der Waals surface area contributed by atoms with Crippen molar-refractivity contribution in [2.75, 3.05) is 26.3 Å². The molecule has 0 heterocycles. The van der Waals surface area contributed by atoms with Crippen LogP contribution in [-0.4, -0.2) is 44.2 Å². The van der Waals surface area contributed by atoms with Crippen LogP contribution in [0.2, 0.25) is 0 Å². The number of hydrogen-bond acceptors (Lipinski definition) is 3. The summed E-state index contributed by atoms with van der Waals surface area (Å²) in [5, 5.41) is 5.71. The van der Waals surface area contributed by atoms with Gasteiger partial charge in [0, 0.05) is 38.8 Å². The van der Waals surface area contributed by atoms with E-state index in [9.17, 15) is 4.79 Å². The predicted molar refractivity (Wildman–Crippen MR) is 88.9 cm³/mol. The maximum Gasteiger partial charge on any atom is 0.221 e. The quantitative estimate of drug-likeness (QED) is 0.237. The Kier molecular flexibility index (Phi) is 15.1. The highest BCUT2D eigenvalue weighted by Gasteiger charge is 2.02. The van der Waals surface area contributed by atoms with Gasteiger partial charge in [-0.25, -0.2) is 0 Å². The van der Waals surface area contributed by atoms with Gasteiger partial charge < -0.3 is 21.1 Å². The maximum absolute atomic E-state index is 11.3. The zero-order valence-electron chi connectivity index (χ0n) is 12.1.